The summed E-state index contributed by atoms with van der Waals surface area (Å²) in [6.07, 6.45) is 10.2. The average molecular weight is 473 g/mol. The Labute approximate surface area is 206 Å². The minimum atomic E-state index is -0.191. The molecule has 1 aromatic carbocycles. The lowest BCUT2D eigenvalue weighted by atomic mass is 10.0. The minimum absolute atomic E-state index is 0.0448. The summed E-state index contributed by atoms with van der Waals surface area (Å²) in [5.74, 6) is -0.191. The van der Waals surface area contributed by atoms with Gasteiger partial charge in [-0.1, -0.05) is 12.1 Å². The number of fused-ring (bicyclic) bond motifs is 2. The summed E-state index contributed by atoms with van der Waals surface area (Å²) in [7, 11) is 0. The van der Waals surface area contributed by atoms with E-state index < -0.39 is 0 Å². The largest absolute Gasteiger partial charge is 0.347 e. The molecular formula is C27H20N8O. The number of rotatable bonds is 4. The molecule has 0 aliphatic carbocycles. The first-order valence-corrected chi connectivity index (χ1v) is 11.5. The molecule has 0 radical (unpaired) electrons. The van der Waals surface area contributed by atoms with Crippen LogP contribution >= 0.6 is 0 Å². The van der Waals surface area contributed by atoms with Crippen LogP contribution in [0.25, 0.3) is 33.5 Å². The maximum absolute atomic E-state index is 12.8. The number of hydrogen-bond donors (Lipinski definition) is 1. The van der Waals surface area contributed by atoms with Crippen molar-refractivity contribution >= 4 is 17.1 Å². The van der Waals surface area contributed by atoms with Gasteiger partial charge in [0.25, 0.3) is 5.91 Å². The lowest BCUT2D eigenvalue weighted by molar-refractivity contribution is 0.0940. The van der Waals surface area contributed by atoms with Crippen LogP contribution in [0.4, 0.5) is 0 Å². The van der Waals surface area contributed by atoms with E-state index in [9.17, 15) is 10.1 Å². The number of likely N-dealkylation sites (tertiary alicyclic amines) is 1. The Morgan fingerprint density at radius 2 is 1.94 bits per heavy atom. The molecular weight excluding hydrogens is 452 g/mol. The van der Waals surface area contributed by atoms with Crippen LogP contribution in [-0.4, -0.2) is 48.9 Å². The zero-order chi connectivity index (χ0) is 24.6. The Balaban J connectivity index is 1.27. The van der Waals surface area contributed by atoms with E-state index in [1.807, 2.05) is 65.5 Å². The first-order valence-electron chi connectivity index (χ1n) is 11.5. The molecule has 5 aromatic rings. The summed E-state index contributed by atoms with van der Waals surface area (Å²) in [4.78, 5) is 19.3. The summed E-state index contributed by atoms with van der Waals surface area (Å²) in [6.45, 7) is 1.19. The van der Waals surface area contributed by atoms with Crippen LogP contribution < -0.4 is 5.32 Å². The van der Waals surface area contributed by atoms with Crippen LogP contribution in [0, 0.1) is 22.8 Å². The van der Waals surface area contributed by atoms with Gasteiger partial charge in [-0.3, -0.25) is 4.79 Å². The summed E-state index contributed by atoms with van der Waals surface area (Å²) in [5, 5.41) is 25.6. The number of benzene rings is 1. The molecule has 0 saturated carbocycles. The maximum Gasteiger partial charge on any atom is 0.255 e. The molecule has 174 valence electrons. The van der Waals surface area contributed by atoms with Crippen LogP contribution in [0.3, 0.4) is 0 Å². The van der Waals surface area contributed by atoms with Gasteiger partial charge in [0.05, 0.1) is 34.6 Å². The van der Waals surface area contributed by atoms with Gasteiger partial charge in [0.1, 0.15) is 5.65 Å². The zero-order valence-corrected chi connectivity index (χ0v) is 19.2. The first kappa shape index (κ1) is 21.4. The summed E-state index contributed by atoms with van der Waals surface area (Å²) in [6, 6.07) is 17.4. The average Bonchev–Trinajstić information content (AvgIpc) is 3.65. The molecule has 36 heavy (non-hydrogen) atoms. The number of hydrogen-bond acceptors (Lipinski definition) is 6. The quantitative estimate of drug-likeness (QED) is 0.401. The fraction of sp³-hybridized carbons (Fsp3) is 0.148. The normalized spacial score (nSPS) is 15.2. The second-order valence-electron chi connectivity index (χ2n) is 8.81. The second-order valence-corrected chi connectivity index (χ2v) is 8.81. The molecule has 1 fully saturated rings. The fourth-order valence-corrected chi connectivity index (χ4v) is 4.61. The van der Waals surface area contributed by atoms with E-state index >= 15 is 0 Å². The smallest absolute Gasteiger partial charge is 0.255 e. The Kier molecular flexibility index (Phi) is 5.09. The van der Waals surface area contributed by atoms with Crippen molar-refractivity contribution < 1.29 is 4.79 Å². The van der Waals surface area contributed by atoms with Crippen molar-refractivity contribution in [3.63, 3.8) is 0 Å². The van der Waals surface area contributed by atoms with E-state index in [1.165, 1.54) is 0 Å². The molecule has 1 N–H and O–H groups in total. The van der Waals surface area contributed by atoms with Crippen molar-refractivity contribution in [3.8, 4) is 34.6 Å². The van der Waals surface area contributed by atoms with Gasteiger partial charge in [-0.2, -0.15) is 15.6 Å². The van der Waals surface area contributed by atoms with Gasteiger partial charge in [0.2, 0.25) is 0 Å². The molecule has 5 heterocycles. The molecule has 1 atom stereocenters. The predicted molar refractivity (Wildman–Crippen MR) is 133 cm³/mol. The molecule has 1 amide bonds. The zero-order valence-electron chi connectivity index (χ0n) is 19.2. The minimum Gasteiger partial charge on any atom is -0.347 e. The number of carbonyl (C=O) groups is 1. The van der Waals surface area contributed by atoms with Crippen LogP contribution in [0.15, 0.2) is 73.3 Å². The third kappa shape index (κ3) is 3.79. The van der Waals surface area contributed by atoms with Crippen LogP contribution in [-0.2, 0) is 0 Å². The van der Waals surface area contributed by atoms with Gasteiger partial charge in [0.15, 0.2) is 6.19 Å². The van der Waals surface area contributed by atoms with Gasteiger partial charge < -0.3 is 14.6 Å². The maximum atomic E-state index is 12.8. The molecule has 0 spiro atoms. The predicted octanol–water partition coefficient (Wildman–Crippen LogP) is 3.47. The second kappa shape index (κ2) is 8.57. The molecule has 9 nitrogen and oxygen atoms in total. The molecule has 1 aliphatic rings. The Hall–Kier alpha value is -5.15. The Morgan fingerprint density at radius 3 is 2.78 bits per heavy atom. The molecule has 4 aromatic heterocycles. The van der Waals surface area contributed by atoms with Gasteiger partial charge in [0, 0.05) is 43.3 Å². The highest BCUT2D eigenvalue weighted by atomic mass is 16.1. The monoisotopic (exact) mass is 472 g/mol. The van der Waals surface area contributed by atoms with Gasteiger partial charge in [-0.05, 0) is 53.9 Å². The summed E-state index contributed by atoms with van der Waals surface area (Å²) < 4.78 is 3.63. The van der Waals surface area contributed by atoms with E-state index in [1.54, 1.807) is 21.7 Å². The molecule has 9 heteroatoms. The highest BCUT2D eigenvalue weighted by Crippen LogP contribution is 2.25. The Bertz CT molecular complexity index is 1720. The van der Waals surface area contributed by atoms with Crippen LogP contribution in [0.1, 0.15) is 22.3 Å². The summed E-state index contributed by atoms with van der Waals surface area (Å²) in [5.41, 5.74) is 6.19. The number of nitrogens with one attached hydrogen (secondary N) is 1. The molecule has 1 saturated heterocycles. The third-order valence-electron chi connectivity index (χ3n) is 6.51. The van der Waals surface area contributed by atoms with E-state index in [4.69, 9.17) is 10.2 Å². The number of nitrogens with zero attached hydrogens (tertiary/aromatic N) is 7. The molecule has 0 bridgehead atoms. The highest BCUT2D eigenvalue weighted by molar-refractivity contribution is 6.01. The number of imidazole rings is 1. The van der Waals surface area contributed by atoms with Crippen molar-refractivity contribution in [1.29, 1.82) is 10.5 Å². The van der Waals surface area contributed by atoms with Crippen molar-refractivity contribution in [1.82, 2.24) is 29.2 Å². The fourth-order valence-electron chi connectivity index (χ4n) is 4.61. The van der Waals surface area contributed by atoms with E-state index in [2.05, 4.69) is 22.7 Å². The van der Waals surface area contributed by atoms with Crippen molar-refractivity contribution in [2.75, 3.05) is 13.1 Å². The lowest BCUT2D eigenvalue weighted by Crippen LogP contribution is -2.36. The molecule has 0 unspecified atom stereocenters. The van der Waals surface area contributed by atoms with Crippen molar-refractivity contribution in [2.45, 2.75) is 12.5 Å². The topological polar surface area (TPSA) is 115 Å². The first-order chi connectivity index (χ1) is 17.6. The van der Waals surface area contributed by atoms with E-state index in [0.29, 0.717) is 29.7 Å². The third-order valence-corrected chi connectivity index (χ3v) is 6.51. The SMILES string of the molecule is N#Cc1cccc(-c2ccn3cc(-c4ccc5c(C(=O)N[C@@H]6CCN(C#N)C6)cnn5c4)nc3c2)c1. The van der Waals surface area contributed by atoms with Crippen LogP contribution in [0.2, 0.25) is 0 Å². The van der Waals surface area contributed by atoms with Crippen molar-refractivity contribution in [3.05, 3.63) is 84.4 Å². The number of nitriles is 2. The van der Waals surface area contributed by atoms with E-state index in [0.717, 1.165) is 34.5 Å². The lowest BCUT2D eigenvalue weighted by Gasteiger charge is -2.11. The number of amides is 1. The van der Waals surface area contributed by atoms with Gasteiger partial charge in [-0.25, -0.2) is 9.50 Å². The summed E-state index contributed by atoms with van der Waals surface area (Å²) >= 11 is 0. The standard InChI is InChI=1S/C27H20N8O/c28-12-18-2-1-3-19(10-18)20-6-9-34-16-24(32-26(34)11-20)21-4-5-25-23(13-30-35(25)14-21)27(36)31-22-7-8-33(15-22)17-29/h1-6,9-11,13-14,16,22H,7-8,15H2,(H,31,36)/t22-/m1/s1. The highest BCUT2D eigenvalue weighted by Gasteiger charge is 2.24. The van der Waals surface area contributed by atoms with E-state index in [-0.39, 0.29) is 11.9 Å². The number of aromatic nitrogens is 4. The molecule has 1 aliphatic heterocycles. The van der Waals surface area contributed by atoms with Crippen LogP contribution in [0.5, 0.6) is 0 Å². The van der Waals surface area contributed by atoms with Gasteiger partial charge >= 0.3 is 0 Å². The van der Waals surface area contributed by atoms with Crippen molar-refractivity contribution in [2.24, 2.45) is 0 Å². The number of carbonyl (C=O) groups excluding carboxylic acids is 1. The Morgan fingerprint density at radius 1 is 1.06 bits per heavy atom. The number of pyridine rings is 2. The van der Waals surface area contributed by atoms with Gasteiger partial charge in [-0.15, -0.1) is 0 Å². The molecule has 6 rings (SSSR count).